The number of benzene rings is 2. The second kappa shape index (κ2) is 7.04. The molecule has 1 amide bonds. The summed E-state index contributed by atoms with van der Waals surface area (Å²) in [5, 5.41) is 11.6. The molecular formula is C17H14BrNO3. The number of carboxylic acids is 1. The Morgan fingerprint density at radius 1 is 1.14 bits per heavy atom. The lowest BCUT2D eigenvalue weighted by Crippen LogP contribution is -2.13. The van der Waals surface area contributed by atoms with Gasteiger partial charge in [0.05, 0.1) is 5.56 Å². The first kappa shape index (κ1) is 16.0. The summed E-state index contributed by atoms with van der Waals surface area (Å²) in [6.45, 7) is 1.71. The number of carbonyl (C=O) groups excluding carboxylic acids is 1. The molecule has 0 aliphatic carbocycles. The minimum absolute atomic E-state index is 0.131. The van der Waals surface area contributed by atoms with Crippen LogP contribution in [0, 0.1) is 0 Å². The lowest BCUT2D eigenvalue weighted by atomic mass is 10.1. The molecule has 0 fully saturated rings. The van der Waals surface area contributed by atoms with Crippen LogP contribution in [0.5, 0.6) is 0 Å². The molecule has 0 spiro atoms. The Hall–Kier alpha value is -2.40. The highest BCUT2D eigenvalue weighted by atomic mass is 79.9. The van der Waals surface area contributed by atoms with Crippen LogP contribution >= 0.6 is 15.9 Å². The maximum absolute atomic E-state index is 12.1. The summed E-state index contributed by atoms with van der Waals surface area (Å²) in [6, 6.07) is 13.7. The summed E-state index contributed by atoms with van der Waals surface area (Å²) in [4.78, 5) is 23.1. The van der Waals surface area contributed by atoms with Crippen molar-refractivity contribution in [2.45, 2.75) is 6.92 Å². The zero-order chi connectivity index (χ0) is 16.1. The molecule has 0 saturated carbocycles. The molecule has 2 N–H and O–H groups in total. The zero-order valence-corrected chi connectivity index (χ0v) is 13.4. The predicted molar refractivity (Wildman–Crippen MR) is 89.8 cm³/mol. The van der Waals surface area contributed by atoms with Crippen molar-refractivity contribution in [2.24, 2.45) is 0 Å². The summed E-state index contributed by atoms with van der Waals surface area (Å²) in [5.41, 5.74) is 2.01. The highest BCUT2D eigenvalue weighted by Gasteiger charge is 2.08. The Balaban J connectivity index is 2.14. The molecule has 0 aliphatic heterocycles. The van der Waals surface area contributed by atoms with Crippen molar-refractivity contribution in [3.8, 4) is 0 Å². The van der Waals surface area contributed by atoms with Gasteiger partial charge in [-0.05, 0) is 48.9 Å². The molecule has 0 heterocycles. The van der Waals surface area contributed by atoms with E-state index in [0.29, 0.717) is 11.3 Å². The van der Waals surface area contributed by atoms with E-state index < -0.39 is 5.97 Å². The van der Waals surface area contributed by atoms with E-state index in [9.17, 15) is 9.59 Å². The molecule has 5 heteroatoms. The number of carbonyl (C=O) groups is 2. The van der Waals surface area contributed by atoms with Crippen molar-refractivity contribution in [1.29, 1.82) is 0 Å². The fourth-order valence-electron chi connectivity index (χ4n) is 1.87. The standard InChI is InChI=1S/C17H14BrNO3/c1-11(8-12-4-2-6-14(18)9-12)16(20)19-15-7-3-5-13(10-15)17(21)22/h2-10H,1H3,(H,19,20)(H,21,22)/b11-8+. The predicted octanol–water partition coefficient (Wildman–Crippen LogP) is 4.19. The van der Waals surface area contributed by atoms with E-state index in [1.165, 1.54) is 12.1 Å². The average Bonchev–Trinajstić information content (AvgIpc) is 2.47. The second-order valence-corrected chi connectivity index (χ2v) is 5.64. The van der Waals surface area contributed by atoms with E-state index in [1.807, 2.05) is 24.3 Å². The number of rotatable bonds is 4. The van der Waals surface area contributed by atoms with Gasteiger partial charge in [-0.1, -0.05) is 34.1 Å². The second-order valence-electron chi connectivity index (χ2n) is 4.72. The van der Waals surface area contributed by atoms with Gasteiger partial charge in [-0.15, -0.1) is 0 Å². The van der Waals surface area contributed by atoms with Crippen LogP contribution in [0.15, 0.2) is 58.6 Å². The number of nitrogens with one attached hydrogen (secondary N) is 1. The van der Waals surface area contributed by atoms with Crippen LogP contribution in [-0.2, 0) is 4.79 Å². The molecule has 0 bridgehead atoms. The van der Waals surface area contributed by atoms with Gasteiger partial charge >= 0.3 is 5.97 Å². The van der Waals surface area contributed by atoms with E-state index in [2.05, 4.69) is 21.2 Å². The molecular weight excluding hydrogens is 346 g/mol. The fourth-order valence-corrected chi connectivity index (χ4v) is 2.29. The van der Waals surface area contributed by atoms with Gasteiger partial charge in [0.2, 0.25) is 0 Å². The Morgan fingerprint density at radius 3 is 2.55 bits per heavy atom. The summed E-state index contributed by atoms with van der Waals surface area (Å²) >= 11 is 3.38. The summed E-state index contributed by atoms with van der Waals surface area (Å²) in [5.74, 6) is -1.31. The van der Waals surface area contributed by atoms with Crippen molar-refractivity contribution in [2.75, 3.05) is 5.32 Å². The normalized spacial score (nSPS) is 11.1. The van der Waals surface area contributed by atoms with E-state index in [-0.39, 0.29) is 11.5 Å². The number of carboxylic acid groups (broad SMARTS) is 1. The van der Waals surface area contributed by atoms with Crippen LogP contribution in [0.4, 0.5) is 5.69 Å². The van der Waals surface area contributed by atoms with Crippen molar-refractivity contribution < 1.29 is 14.7 Å². The van der Waals surface area contributed by atoms with Gasteiger partial charge in [0.15, 0.2) is 0 Å². The maximum atomic E-state index is 12.1. The molecule has 0 atom stereocenters. The average molecular weight is 360 g/mol. The van der Waals surface area contributed by atoms with Crippen molar-refractivity contribution in [3.05, 3.63) is 69.7 Å². The number of halogens is 1. The first-order chi connectivity index (χ1) is 10.5. The van der Waals surface area contributed by atoms with Crippen LogP contribution < -0.4 is 5.32 Å². The Morgan fingerprint density at radius 2 is 1.86 bits per heavy atom. The van der Waals surface area contributed by atoms with Crippen LogP contribution in [0.25, 0.3) is 6.08 Å². The van der Waals surface area contributed by atoms with Crippen LogP contribution in [-0.4, -0.2) is 17.0 Å². The minimum Gasteiger partial charge on any atom is -0.478 e. The van der Waals surface area contributed by atoms with Gasteiger partial charge in [0.1, 0.15) is 0 Å². The van der Waals surface area contributed by atoms with Gasteiger partial charge in [0.25, 0.3) is 5.91 Å². The first-order valence-electron chi connectivity index (χ1n) is 6.54. The van der Waals surface area contributed by atoms with E-state index in [0.717, 1.165) is 10.0 Å². The highest BCUT2D eigenvalue weighted by Crippen LogP contribution is 2.16. The van der Waals surface area contributed by atoms with Crippen LogP contribution in [0.2, 0.25) is 0 Å². The minimum atomic E-state index is -1.03. The smallest absolute Gasteiger partial charge is 0.335 e. The number of anilines is 1. The molecule has 2 aromatic rings. The molecule has 0 aromatic heterocycles. The Labute approximate surface area is 136 Å². The SMILES string of the molecule is C/C(=C\c1cccc(Br)c1)C(=O)Nc1cccc(C(=O)O)c1. The first-order valence-corrected chi connectivity index (χ1v) is 7.33. The third-order valence-electron chi connectivity index (χ3n) is 2.96. The van der Waals surface area contributed by atoms with Crippen LogP contribution in [0.3, 0.4) is 0 Å². The fraction of sp³-hybridized carbons (Fsp3) is 0.0588. The van der Waals surface area contributed by atoms with Gasteiger partial charge in [-0.2, -0.15) is 0 Å². The third-order valence-corrected chi connectivity index (χ3v) is 3.45. The molecule has 2 rings (SSSR count). The molecule has 0 radical (unpaired) electrons. The highest BCUT2D eigenvalue weighted by molar-refractivity contribution is 9.10. The summed E-state index contributed by atoms with van der Waals surface area (Å²) < 4.78 is 0.934. The number of hydrogen-bond acceptors (Lipinski definition) is 2. The quantitative estimate of drug-likeness (QED) is 0.804. The van der Waals surface area contributed by atoms with Crippen molar-refractivity contribution >= 4 is 39.6 Å². The van der Waals surface area contributed by atoms with Crippen molar-refractivity contribution in [3.63, 3.8) is 0 Å². The molecule has 22 heavy (non-hydrogen) atoms. The monoisotopic (exact) mass is 359 g/mol. The lowest BCUT2D eigenvalue weighted by Gasteiger charge is -2.06. The number of aromatic carboxylic acids is 1. The van der Waals surface area contributed by atoms with Gasteiger partial charge in [-0.25, -0.2) is 4.79 Å². The number of amides is 1. The summed E-state index contributed by atoms with van der Waals surface area (Å²) in [6.07, 6.45) is 1.77. The maximum Gasteiger partial charge on any atom is 0.335 e. The largest absolute Gasteiger partial charge is 0.478 e. The molecule has 112 valence electrons. The Bertz CT molecular complexity index is 753. The zero-order valence-electron chi connectivity index (χ0n) is 11.8. The third kappa shape index (κ3) is 4.30. The van der Waals surface area contributed by atoms with Crippen molar-refractivity contribution in [1.82, 2.24) is 0 Å². The molecule has 0 unspecified atom stereocenters. The van der Waals surface area contributed by atoms with E-state index in [1.54, 1.807) is 25.1 Å². The summed E-state index contributed by atoms with van der Waals surface area (Å²) in [7, 11) is 0. The van der Waals surface area contributed by atoms with Crippen LogP contribution in [0.1, 0.15) is 22.8 Å². The Kier molecular flexibility index (Phi) is 5.12. The van der Waals surface area contributed by atoms with Gasteiger partial charge in [0, 0.05) is 15.7 Å². The van der Waals surface area contributed by atoms with Gasteiger partial charge in [-0.3, -0.25) is 4.79 Å². The van der Waals surface area contributed by atoms with E-state index in [4.69, 9.17) is 5.11 Å². The van der Waals surface area contributed by atoms with E-state index >= 15 is 0 Å². The molecule has 0 saturated heterocycles. The lowest BCUT2D eigenvalue weighted by molar-refractivity contribution is -0.112. The topological polar surface area (TPSA) is 66.4 Å². The number of hydrogen-bond donors (Lipinski definition) is 2. The molecule has 4 nitrogen and oxygen atoms in total. The molecule has 2 aromatic carbocycles. The molecule has 0 aliphatic rings. The van der Waals surface area contributed by atoms with Gasteiger partial charge < -0.3 is 10.4 Å².